The zero-order valence-electron chi connectivity index (χ0n) is 13.4. The van der Waals surface area contributed by atoms with Crippen LogP contribution in [0.4, 0.5) is 0 Å². The average molecular weight is 346 g/mol. The van der Waals surface area contributed by atoms with Crippen LogP contribution in [0.15, 0.2) is 9.85 Å². The molecule has 0 aliphatic heterocycles. The molecule has 0 radical (unpaired) electrons. The third-order valence-electron chi connectivity index (χ3n) is 3.10. The summed E-state index contributed by atoms with van der Waals surface area (Å²) in [6.07, 6.45) is 8.58. The number of hydrogen-bond acceptors (Lipinski definition) is 6. The lowest BCUT2D eigenvalue weighted by Crippen LogP contribution is -2.26. The second-order valence-electron chi connectivity index (χ2n) is 5.08. The number of nitrogens with one attached hydrogen (secondary N) is 1. The van der Waals surface area contributed by atoms with Crippen LogP contribution in [0.1, 0.15) is 51.9 Å². The second-order valence-corrected chi connectivity index (χ2v) is 7.13. The van der Waals surface area contributed by atoms with E-state index in [1.807, 2.05) is 0 Å². The van der Waals surface area contributed by atoms with E-state index in [0.29, 0.717) is 12.3 Å². The number of hydrogen-bond donors (Lipinski definition) is 1. The molecule has 5 nitrogen and oxygen atoms in total. The first kappa shape index (κ1) is 19.4. The van der Waals surface area contributed by atoms with Crippen LogP contribution in [-0.2, 0) is 9.53 Å². The van der Waals surface area contributed by atoms with Crippen LogP contribution in [0.5, 0.6) is 0 Å². The summed E-state index contributed by atoms with van der Waals surface area (Å²) in [4.78, 5) is 11.6. The molecule has 1 aromatic heterocycles. The SMILES string of the molecule is CCCCCCCCOCCCNC(=O)CSc1nncs1. The summed E-state index contributed by atoms with van der Waals surface area (Å²) < 4.78 is 6.40. The van der Waals surface area contributed by atoms with Gasteiger partial charge in [-0.2, -0.15) is 0 Å². The first-order valence-electron chi connectivity index (χ1n) is 8.06. The molecule has 1 amide bonds. The van der Waals surface area contributed by atoms with Crippen molar-refractivity contribution in [2.24, 2.45) is 0 Å². The van der Waals surface area contributed by atoms with Gasteiger partial charge in [0.25, 0.3) is 0 Å². The first-order valence-corrected chi connectivity index (χ1v) is 9.93. The van der Waals surface area contributed by atoms with Gasteiger partial charge in [-0.25, -0.2) is 0 Å². The van der Waals surface area contributed by atoms with Gasteiger partial charge >= 0.3 is 0 Å². The number of nitrogens with zero attached hydrogens (tertiary/aromatic N) is 2. The van der Waals surface area contributed by atoms with Crippen LogP contribution in [0, 0.1) is 0 Å². The van der Waals surface area contributed by atoms with Crippen molar-refractivity contribution in [3.8, 4) is 0 Å². The summed E-state index contributed by atoms with van der Waals surface area (Å²) >= 11 is 2.87. The Bertz CT molecular complexity index is 375. The third-order valence-corrected chi connectivity index (χ3v) is 4.96. The maximum Gasteiger partial charge on any atom is 0.230 e. The van der Waals surface area contributed by atoms with Crippen LogP contribution in [-0.4, -0.2) is 41.6 Å². The number of carbonyl (C=O) groups is 1. The number of amides is 1. The van der Waals surface area contributed by atoms with Crippen LogP contribution in [0.25, 0.3) is 0 Å². The Hall–Kier alpha value is -0.660. The fourth-order valence-corrected chi connectivity index (χ4v) is 3.21. The molecule has 0 fully saturated rings. The van der Waals surface area contributed by atoms with Crippen molar-refractivity contribution in [3.05, 3.63) is 5.51 Å². The fourth-order valence-electron chi connectivity index (χ4n) is 1.89. The molecule has 1 heterocycles. The van der Waals surface area contributed by atoms with Gasteiger partial charge in [0.15, 0.2) is 4.34 Å². The van der Waals surface area contributed by atoms with Crippen molar-refractivity contribution >= 4 is 29.0 Å². The summed E-state index contributed by atoms with van der Waals surface area (Å²) in [5.41, 5.74) is 1.67. The van der Waals surface area contributed by atoms with Crippen molar-refractivity contribution < 1.29 is 9.53 Å². The molecule has 0 aliphatic carbocycles. The molecule has 1 aromatic rings. The summed E-state index contributed by atoms with van der Waals surface area (Å²) in [6.45, 7) is 4.47. The van der Waals surface area contributed by atoms with Gasteiger partial charge in [0.05, 0.1) is 5.75 Å². The first-order chi connectivity index (χ1) is 10.8. The van der Waals surface area contributed by atoms with Crippen LogP contribution in [0.3, 0.4) is 0 Å². The standard InChI is InChI=1S/C15H27N3O2S2/c1-2-3-4-5-6-7-10-20-11-8-9-16-14(19)12-21-15-18-17-13-22-15/h13H,2-12H2,1H3,(H,16,19). The van der Waals surface area contributed by atoms with Gasteiger partial charge in [0.1, 0.15) is 5.51 Å². The predicted molar refractivity (Wildman–Crippen MR) is 92.5 cm³/mol. The largest absolute Gasteiger partial charge is 0.381 e. The Morgan fingerprint density at radius 2 is 2.00 bits per heavy atom. The van der Waals surface area contributed by atoms with E-state index < -0.39 is 0 Å². The number of ether oxygens (including phenoxy) is 1. The van der Waals surface area contributed by atoms with Gasteiger partial charge in [-0.15, -0.1) is 10.2 Å². The number of carbonyl (C=O) groups excluding carboxylic acids is 1. The molecule has 0 bridgehead atoms. The van der Waals surface area contributed by atoms with Gasteiger partial charge < -0.3 is 10.1 Å². The number of unbranched alkanes of at least 4 members (excludes halogenated alkanes) is 5. The van der Waals surface area contributed by atoms with Crippen LogP contribution in [0.2, 0.25) is 0 Å². The molecule has 0 aliphatic rings. The van der Waals surface area contributed by atoms with E-state index in [9.17, 15) is 4.79 Å². The minimum absolute atomic E-state index is 0.0381. The highest BCUT2D eigenvalue weighted by atomic mass is 32.2. The van der Waals surface area contributed by atoms with E-state index in [1.165, 1.54) is 55.2 Å². The topological polar surface area (TPSA) is 64.1 Å². The molecule has 1 N–H and O–H groups in total. The zero-order valence-corrected chi connectivity index (χ0v) is 15.0. The predicted octanol–water partition coefficient (Wildman–Crippen LogP) is 3.51. The molecule has 1 rings (SSSR count). The molecule has 0 aromatic carbocycles. The van der Waals surface area contributed by atoms with E-state index in [0.717, 1.165) is 30.4 Å². The van der Waals surface area contributed by atoms with Crippen molar-refractivity contribution in [1.82, 2.24) is 15.5 Å². The summed E-state index contributed by atoms with van der Waals surface area (Å²) in [6, 6.07) is 0. The molecule has 0 spiro atoms. The molecular weight excluding hydrogens is 318 g/mol. The molecule has 0 unspecified atom stereocenters. The molecular formula is C15H27N3O2S2. The Morgan fingerprint density at radius 1 is 1.23 bits per heavy atom. The minimum atomic E-state index is 0.0381. The van der Waals surface area contributed by atoms with Gasteiger partial charge in [-0.05, 0) is 12.8 Å². The van der Waals surface area contributed by atoms with Crippen molar-refractivity contribution in [2.45, 2.75) is 56.2 Å². The number of aromatic nitrogens is 2. The molecule has 7 heteroatoms. The third kappa shape index (κ3) is 11.0. The van der Waals surface area contributed by atoms with Crippen LogP contribution < -0.4 is 5.32 Å². The van der Waals surface area contributed by atoms with Crippen molar-refractivity contribution in [1.29, 1.82) is 0 Å². The van der Waals surface area contributed by atoms with Gasteiger partial charge in [0.2, 0.25) is 5.91 Å². The highest BCUT2D eigenvalue weighted by Gasteiger charge is 2.04. The van der Waals surface area contributed by atoms with Gasteiger partial charge in [0, 0.05) is 19.8 Å². The van der Waals surface area contributed by atoms with E-state index >= 15 is 0 Å². The van der Waals surface area contributed by atoms with Crippen molar-refractivity contribution in [2.75, 3.05) is 25.5 Å². The van der Waals surface area contributed by atoms with Gasteiger partial charge in [-0.3, -0.25) is 4.79 Å². The van der Waals surface area contributed by atoms with E-state index in [2.05, 4.69) is 22.4 Å². The maximum atomic E-state index is 11.6. The second kappa shape index (κ2) is 14.0. The van der Waals surface area contributed by atoms with E-state index in [4.69, 9.17) is 4.74 Å². The highest BCUT2D eigenvalue weighted by molar-refractivity contribution is 8.01. The van der Waals surface area contributed by atoms with E-state index in [-0.39, 0.29) is 5.91 Å². The number of rotatable bonds is 14. The summed E-state index contributed by atoms with van der Waals surface area (Å²) in [7, 11) is 0. The molecule has 0 atom stereocenters. The Morgan fingerprint density at radius 3 is 2.77 bits per heavy atom. The smallest absolute Gasteiger partial charge is 0.230 e. The average Bonchev–Trinajstić information content (AvgIpc) is 3.04. The normalized spacial score (nSPS) is 10.8. The molecule has 0 saturated carbocycles. The van der Waals surface area contributed by atoms with Crippen molar-refractivity contribution in [3.63, 3.8) is 0 Å². The zero-order chi connectivity index (χ0) is 15.9. The Balaban J connectivity index is 1.80. The summed E-state index contributed by atoms with van der Waals surface area (Å²) in [5, 5.41) is 10.5. The minimum Gasteiger partial charge on any atom is -0.381 e. The monoisotopic (exact) mass is 345 g/mol. The lowest BCUT2D eigenvalue weighted by Gasteiger charge is -2.06. The highest BCUT2D eigenvalue weighted by Crippen LogP contribution is 2.17. The molecule has 22 heavy (non-hydrogen) atoms. The van der Waals surface area contributed by atoms with E-state index in [1.54, 1.807) is 5.51 Å². The maximum absolute atomic E-state index is 11.6. The lowest BCUT2D eigenvalue weighted by molar-refractivity contribution is -0.118. The number of thioether (sulfide) groups is 1. The Kier molecular flexibility index (Phi) is 12.3. The molecule has 0 saturated heterocycles. The quantitative estimate of drug-likeness (QED) is 0.413. The Labute approximate surface area is 141 Å². The fraction of sp³-hybridized carbons (Fsp3) is 0.800. The molecule has 126 valence electrons. The summed E-state index contributed by atoms with van der Waals surface area (Å²) in [5.74, 6) is 0.435. The lowest BCUT2D eigenvalue weighted by atomic mass is 10.1. The van der Waals surface area contributed by atoms with Crippen LogP contribution >= 0.6 is 23.1 Å². The van der Waals surface area contributed by atoms with Gasteiger partial charge in [-0.1, -0.05) is 62.1 Å².